The molecule has 0 unspecified atom stereocenters. The van der Waals surface area contributed by atoms with Gasteiger partial charge in [-0.3, -0.25) is 0 Å². The molecule has 178 valence electrons. The van der Waals surface area contributed by atoms with Gasteiger partial charge in [0.1, 0.15) is 17.5 Å². The highest BCUT2D eigenvalue weighted by atomic mass is 16.6. The van der Waals surface area contributed by atoms with E-state index in [0.717, 1.165) is 49.3 Å². The molecule has 1 aromatic heterocycles. The number of rotatable bonds is 8. The Kier molecular flexibility index (Phi) is 8.31. The highest BCUT2D eigenvalue weighted by Crippen LogP contribution is 2.20. The lowest BCUT2D eigenvalue weighted by Crippen LogP contribution is -2.45. The molecule has 33 heavy (non-hydrogen) atoms. The standard InChI is InChI=1S/C26H35N3O4/c1-26(2,3)33-25(31)29-22(24(30)32-4)17-19-12-10-18(11-13-19)7-5-9-21-15-14-20-8-6-16-27-23(20)28-21/h10-15,22H,5-9,16-17H2,1-4H3,(H,27,28)(H,29,31)/t22-/m0/s1. The third-order valence-corrected chi connectivity index (χ3v) is 5.49. The second kappa shape index (κ2) is 11.2. The van der Waals surface area contributed by atoms with Crippen LogP contribution in [0.2, 0.25) is 0 Å². The number of hydrogen-bond donors (Lipinski definition) is 2. The van der Waals surface area contributed by atoms with Gasteiger partial charge in [-0.15, -0.1) is 0 Å². The Balaban J connectivity index is 1.51. The fraction of sp³-hybridized carbons (Fsp3) is 0.500. The number of ether oxygens (including phenoxy) is 2. The van der Waals surface area contributed by atoms with Crippen LogP contribution < -0.4 is 10.6 Å². The van der Waals surface area contributed by atoms with Crippen molar-refractivity contribution < 1.29 is 19.1 Å². The lowest BCUT2D eigenvalue weighted by atomic mass is 10.0. The zero-order chi connectivity index (χ0) is 23.8. The van der Waals surface area contributed by atoms with Crippen LogP contribution >= 0.6 is 0 Å². The zero-order valence-corrected chi connectivity index (χ0v) is 20.1. The van der Waals surface area contributed by atoms with Gasteiger partial charge in [-0.25, -0.2) is 14.6 Å². The quantitative estimate of drug-likeness (QED) is 0.582. The van der Waals surface area contributed by atoms with Crippen molar-refractivity contribution in [1.82, 2.24) is 10.3 Å². The summed E-state index contributed by atoms with van der Waals surface area (Å²) >= 11 is 0. The van der Waals surface area contributed by atoms with Gasteiger partial charge in [0, 0.05) is 18.7 Å². The SMILES string of the molecule is COC(=O)[C@H](Cc1ccc(CCCc2ccc3c(n2)NCCC3)cc1)NC(=O)OC(C)(C)C. The van der Waals surface area contributed by atoms with E-state index in [-0.39, 0.29) is 0 Å². The van der Waals surface area contributed by atoms with Crippen LogP contribution in [-0.4, -0.2) is 42.3 Å². The number of nitrogens with zero attached hydrogens (tertiary/aromatic N) is 1. The Bertz CT molecular complexity index is 951. The fourth-order valence-electron chi connectivity index (χ4n) is 3.84. The summed E-state index contributed by atoms with van der Waals surface area (Å²) in [5.74, 6) is 0.542. The number of hydrogen-bond acceptors (Lipinski definition) is 6. The summed E-state index contributed by atoms with van der Waals surface area (Å²) in [6.07, 6.45) is 4.85. The predicted molar refractivity (Wildman–Crippen MR) is 128 cm³/mol. The van der Waals surface area contributed by atoms with Crippen molar-refractivity contribution in [1.29, 1.82) is 0 Å². The van der Waals surface area contributed by atoms with Gasteiger partial charge in [-0.1, -0.05) is 30.3 Å². The first-order valence-electron chi connectivity index (χ1n) is 11.6. The Morgan fingerprint density at radius 3 is 2.52 bits per heavy atom. The molecular formula is C26H35N3O4. The van der Waals surface area contributed by atoms with Crippen LogP contribution in [0.1, 0.15) is 56.0 Å². The first-order valence-corrected chi connectivity index (χ1v) is 11.6. The summed E-state index contributed by atoms with van der Waals surface area (Å²) in [6, 6.07) is 11.6. The molecule has 0 bridgehead atoms. The van der Waals surface area contributed by atoms with Gasteiger partial charge >= 0.3 is 12.1 Å². The first kappa shape index (κ1) is 24.6. The van der Waals surface area contributed by atoms with Gasteiger partial charge in [-0.05, 0) is 75.6 Å². The van der Waals surface area contributed by atoms with E-state index < -0.39 is 23.7 Å². The van der Waals surface area contributed by atoms with E-state index in [1.165, 1.54) is 24.7 Å². The van der Waals surface area contributed by atoms with Crippen molar-refractivity contribution in [2.45, 2.75) is 70.9 Å². The molecule has 1 amide bonds. The fourth-order valence-corrected chi connectivity index (χ4v) is 3.84. The third-order valence-electron chi connectivity index (χ3n) is 5.49. The summed E-state index contributed by atoms with van der Waals surface area (Å²) in [5.41, 5.74) is 3.95. The van der Waals surface area contributed by atoms with Gasteiger partial charge in [0.05, 0.1) is 7.11 Å². The number of anilines is 1. The number of methoxy groups -OCH3 is 1. The topological polar surface area (TPSA) is 89.5 Å². The van der Waals surface area contributed by atoms with E-state index in [1.54, 1.807) is 20.8 Å². The van der Waals surface area contributed by atoms with E-state index in [4.69, 9.17) is 14.5 Å². The van der Waals surface area contributed by atoms with Crippen molar-refractivity contribution in [3.63, 3.8) is 0 Å². The molecule has 7 heteroatoms. The summed E-state index contributed by atoms with van der Waals surface area (Å²) in [5, 5.41) is 6.00. The Hall–Kier alpha value is -3.09. The second-order valence-electron chi connectivity index (χ2n) is 9.44. The normalized spacial score (nSPS) is 13.9. The maximum atomic E-state index is 12.1. The van der Waals surface area contributed by atoms with Crippen LogP contribution in [0.25, 0.3) is 0 Å². The number of carbonyl (C=O) groups excluding carboxylic acids is 2. The molecule has 2 aromatic rings. The predicted octanol–water partition coefficient (Wildman–Crippen LogP) is 4.22. The molecule has 0 saturated heterocycles. The Morgan fingerprint density at radius 2 is 1.82 bits per heavy atom. The van der Waals surface area contributed by atoms with E-state index in [1.807, 2.05) is 12.1 Å². The third kappa shape index (κ3) is 7.77. The van der Waals surface area contributed by atoms with Crippen molar-refractivity contribution in [2.24, 2.45) is 0 Å². The smallest absolute Gasteiger partial charge is 0.408 e. The number of fused-ring (bicyclic) bond motifs is 1. The molecule has 1 aromatic carbocycles. The number of esters is 1. The molecule has 1 aliphatic heterocycles. The average molecular weight is 454 g/mol. The number of aryl methyl sites for hydroxylation is 3. The van der Waals surface area contributed by atoms with E-state index >= 15 is 0 Å². The minimum absolute atomic E-state index is 0.332. The summed E-state index contributed by atoms with van der Waals surface area (Å²) in [7, 11) is 1.31. The highest BCUT2D eigenvalue weighted by molar-refractivity contribution is 5.81. The molecule has 0 fully saturated rings. The average Bonchev–Trinajstić information content (AvgIpc) is 2.78. The van der Waals surface area contributed by atoms with Crippen molar-refractivity contribution in [2.75, 3.05) is 19.0 Å². The van der Waals surface area contributed by atoms with Gasteiger partial charge in [0.2, 0.25) is 0 Å². The van der Waals surface area contributed by atoms with Crippen LogP contribution in [0, 0.1) is 0 Å². The molecule has 3 rings (SSSR count). The zero-order valence-electron chi connectivity index (χ0n) is 20.1. The number of aromatic nitrogens is 1. The number of alkyl carbamates (subject to hydrolysis) is 1. The molecule has 0 radical (unpaired) electrons. The maximum Gasteiger partial charge on any atom is 0.408 e. The first-order chi connectivity index (χ1) is 15.7. The number of nitrogens with one attached hydrogen (secondary N) is 2. The molecule has 1 atom stereocenters. The number of carbonyl (C=O) groups is 2. The molecule has 1 aliphatic rings. The minimum atomic E-state index is -0.806. The summed E-state index contributed by atoms with van der Waals surface area (Å²) in [6.45, 7) is 6.32. The Labute approximate surface area is 196 Å². The monoisotopic (exact) mass is 453 g/mol. The lowest BCUT2D eigenvalue weighted by molar-refractivity contribution is -0.143. The van der Waals surface area contributed by atoms with Crippen LogP contribution in [-0.2, 0) is 40.0 Å². The minimum Gasteiger partial charge on any atom is -0.467 e. The van der Waals surface area contributed by atoms with E-state index in [2.05, 4.69) is 34.9 Å². The molecule has 0 aliphatic carbocycles. The molecule has 0 spiro atoms. The summed E-state index contributed by atoms with van der Waals surface area (Å²) in [4.78, 5) is 29.0. The maximum absolute atomic E-state index is 12.1. The largest absolute Gasteiger partial charge is 0.467 e. The van der Waals surface area contributed by atoms with Crippen LogP contribution in [0.4, 0.5) is 10.6 Å². The van der Waals surface area contributed by atoms with Crippen molar-refractivity contribution >= 4 is 17.9 Å². The second-order valence-corrected chi connectivity index (χ2v) is 9.44. The molecule has 2 heterocycles. The summed E-state index contributed by atoms with van der Waals surface area (Å²) < 4.78 is 10.1. The van der Waals surface area contributed by atoms with Gasteiger partial charge in [-0.2, -0.15) is 0 Å². The number of amides is 1. The van der Waals surface area contributed by atoms with E-state index in [0.29, 0.717) is 6.42 Å². The molecule has 0 saturated carbocycles. The molecular weight excluding hydrogens is 418 g/mol. The number of benzene rings is 1. The highest BCUT2D eigenvalue weighted by Gasteiger charge is 2.25. The van der Waals surface area contributed by atoms with Gasteiger partial charge < -0.3 is 20.1 Å². The number of pyridine rings is 1. The van der Waals surface area contributed by atoms with Crippen LogP contribution in [0.5, 0.6) is 0 Å². The van der Waals surface area contributed by atoms with Crippen LogP contribution in [0.3, 0.4) is 0 Å². The molecule has 7 nitrogen and oxygen atoms in total. The van der Waals surface area contributed by atoms with Gasteiger partial charge in [0.25, 0.3) is 0 Å². The Morgan fingerprint density at radius 1 is 1.09 bits per heavy atom. The van der Waals surface area contributed by atoms with Crippen LogP contribution in [0.15, 0.2) is 36.4 Å². The molecule has 2 N–H and O–H groups in total. The van der Waals surface area contributed by atoms with Crippen molar-refractivity contribution in [3.05, 3.63) is 58.8 Å². The lowest BCUT2D eigenvalue weighted by Gasteiger charge is -2.22. The van der Waals surface area contributed by atoms with Gasteiger partial charge in [0.15, 0.2) is 0 Å². The van der Waals surface area contributed by atoms with Crippen molar-refractivity contribution in [3.8, 4) is 0 Å². The van der Waals surface area contributed by atoms with E-state index in [9.17, 15) is 9.59 Å².